The molecule has 6 nitrogen and oxygen atoms in total. The van der Waals surface area contributed by atoms with Crippen molar-refractivity contribution in [1.29, 1.82) is 0 Å². The van der Waals surface area contributed by atoms with Crippen LogP contribution in [0.2, 0.25) is 0 Å². The van der Waals surface area contributed by atoms with Crippen LogP contribution >= 0.6 is 11.3 Å². The van der Waals surface area contributed by atoms with Gasteiger partial charge in [-0.05, 0) is 43.2 Å². The van der Waals surface area contributed by atoms with Gasteiger partial charge in [-0.15, -0.1) is 0 Å². The lowest BCUT2D eigenvalue weighted by Gasteiger charge is -2.26. The molecule has 0 atom stereocenters. The lowest BCUT2D eigenvalue weighted by molar-refractivity contribution is -0.112. The predicted octanol–water partition coefficient (Wildman–Crippen LogP) is 1.76. The van der Waals surface area contributed by atoms with E-state index >= 15 is 0 Å². The molecule has 5 rings (SSSR count). The van der Waals surface area contributed by atoms with Crippen molar-refractivity contribution >= 4 is 34.2 Å². The van der Waals surface area contributed by atoms with Crippen molar-refractivity contribution in [1.82, 2.24) is 4.57 Å². The molecule has 1 amide bonds. The summed E-state index contributed by atoms with van der Waals surface area (Å²) in [5, 5.41) is 0. The fourth-order valence-corrected chi connectivity index (χ4v) is 5.10. The maximum Gasteiger partial charge on any atom is 0.272 e. The lowest BCUT2D eigenvalue weighted by atomic mass is 10.1. The van der Waals surface area contributed by atoms with E-state index in [0.717, 1.165) is 16.9 Å². The minimum atomic E-state index is -0.156. The maximum absolute atomic E-state index is 13.3. The van der Waals surface area contributed by atoms with Gasteiger partial charge in [0.2, 0.25) is 0 Å². The SMILES string of the molecule is Cc1cc(C)cc(N2CN=c3s/c(=C4\C(=O)N(C)c5ccccc54)c(=O)n3C2)c1. The van der Waals surface area contributed by atoms with E-state index in [1.54, 1.807) is 16.5 Å². The lowest BCUT2D eigenvalue weighted by Crippen LogP contribution is -2.43. The fourth-order valence-electron chi connectivity index (χ4n) is 4.05. The van der Waals surface area contributed by atoms with E-state index in [4.69, 9.17) is 0 Å². The molecule has 3 heterocycles. The van der Waals surface area contributed by atoms with Crippen LogP contribution in [0.25, 0.3) is 5.57 Å². The molecule has 0 radical (unpaired) electrons. The zero-order chi connectivity index (χ0) is 20.3. The van der Waals surface area contributed by atoms with Crippen molar-refractivity contribution in [3.63, 3.8) is 0 Å². The van der Waals surface area contributed by atoms with Crippen molar-refractivity contribution in [2.45, 2.75) is 20.5 Å². The Morgan fingerprint density at radius 2 is 1.76 bits per heavy atom. The highest BCUT2D eigenvalue weighted by Crippen LogP contribution is 2.33. The number of benzene rings is 2. The Bertz CT molecular complexity index is 1330. The number of aromatic nitrogens is 1. The van der Waals surface area contributed by atoms with Crippen molar-refractivity contribution in [2.24, 2.45) is 4.99 Å². The van der Waals surface area contributed by atoms with Gasteiger partial charge in [-0.2, -0.15) is 0 Å². The first-order valence-corrected chi connectivity index (χ1v) is 10.2. The summed E-state index contributed by atoms with van der Waals surface area (Å²) in [6.45, 7) is 5.04. The van der Waals surface area contributed by atoms with Gasteiger partial charge in [0.25, 0.3) is 11.5 Å². The molecule has 3 aromatic rings. The Labute approximate surface area is 171 Å². The van der Waals surface area contributed by atoms with Crippen molar-refractivity contribution in [3.05, 3.63) is 78.8 Å². The Kier molecular flexibility index (Phi) is 3.96. The van der Waals surface area contributed by atoms with E-state index < -0.39 is 0 Å². The highest BCUT2D eigenvalue weighted by atomic mass is 32.1. The van der Waals surface area contributed by atoms with Crippen LogP contribution in [0, 0.1) is 13.8 Å². The number of hydrogen-bond donors (Lipinski definition) is 0. The maximum atomic E-state index is 13.3. The molecule has 2 aliphatic rings. The van der Waals surface area contributed by atoms with E-state index in [-0.39, 0.29) is 11.5 Å². The molecule has 146 valence electrons. The molecule has 0 saturated carbocycles. The first-order valence-electron chi connectivity index (χ1n) is 9.43. The van der Waals surface area contributed by atoms with Gasteiger partial charge < -0.3 is 9.80 Å². The minimum Gasteiger partial charge on any atom is -0.334 e. The zero-order valence-electron chi connectivity index (χ0n) is 16.5. The van der Waals surface area contributed by atoms with Crippen LogP contribution in [0.15, 0.2) is 52.3 Å². The minimum absolute atomic E-state index is 0.145. The fraction of sp³-hybridized carbons (Fsp3) is 0.227. The summed E-state index contributed by atoms with van der Waals surface area (Å²) in [6, 6.07) is 13.9. The number of likely N-dealkylation sites (N-methyl/N-ethyl adjacent to an activating group) is 1. The van der Waals surface area contributed by atoms with Gasteiger partial charge in [-0.1, -0.05) is 35.6 Å². The average molecular weight is 404 g/mol. The number of carbonyl (C=O) groups excluding carboxylic acids is 1. The quantitative estimate of drug-likeness (QED) is 0.621. The number of aryl methyl sites for hydroxylation is 2. The summed E-state index contributed by atoms with van der Waals surface area (Å²) in [5.74, 6) is -0.145. The van der Waals surface area contributed by atoms with E-state index in [1.807, 2.05) is 24.3 Å². The molecular formula is C22H20N4O2S. The van der Waals surface area contributed by atoms with Gasteiger partial charge in [0.1, 0.15) is 17.9 Å². The Morgan fingerprint density at radius 3 is 2.52 bits per heavy atom. The summed E-state index contributed by atoms with van der Waals surface area (Å²) in [7, 11) is 1.74. The third-order valence-corrected chi connectivity index (χ3v) is 6.52. The van der Waals surface area contributed by atoms with Crippen LogP contribution in [0.3, 0.4) is 0 Å². The first kappa shape index (κ1) is 17.9. The largest absolute Gasteiger partial charge is 0.334 e. The molecule has 0 N–H and O–H groups in total. The number of fused-ring (bicyclic) bond motifs is 2. The molecule has 7 heteroatoms. The molecular weight excluding hydrogens is 384 g/mol. The van der Waals surface area contributed by atoms with E-state index in [9.17, 15) is 9.59 Å². The smallest absolute Gasteiger partial charge is 0.272 e. The molecule has 0 aliphatic carbocycles. The number of anilines is 2. The Hall–Kier alpha value is -3.19. The average Bonchev–Trinajstić information content (AvgIpc) is 3.15. The summed E-state index contributed by atoms with van der Waals surface area (Å²) in [4.78, 5) is 35.1. The normalized spacial score (nSPS) is 17.3. The number of hydrogen-bond acceptors (Lipinski definition) is 5. The van der Waals surface area contributed by atoms with Crippen LogP contribution in [0.4, 0.5) is 11.4 Å². The van der Waals surface area contributed by atoms with Gasteiger partial charge in [0.15, 0.2) is 4.80 Å². The number of rotatable bonds is 1. The summed E-state index contributed by atoms with van der Waals surface area (Å²) < 4.78 is 2.13. The van der Waals surface area contributed by atoms with E-state index in [0.29, 0.717) is 28.2 Å². The predicted molar refractivity (Wildman–Crippen MR) is 115 cm³/mol. The van der Waals surface area contributed by atoms with Crippen LogP contribution in [-0.4, -0.2) is 24.2 Å². The topological polar surface area (TPSA) is 57.9 Å². The highest BCUT2D eigenvalue weighted by Gasteiger charge is 2.32. The second-order valence-corrected chi connectivity index (χ2v) is 8.51. The first-order chi connectivity index (χ1) is 13.9. The second-order valence-electron chi connectivity index (χ2n) is 7.53. The van der Waals surface area contributed by atoms with Crippen molar-refractivity contribution in [2.75, 3.05) is 23.5 Å². The molecule has 0 saturated heterocycles. The van der Waals surface area contributed by atoms with Gasteiger partial charge in [0.05, 0.1) is 11.3 Å². The third kappa shape index (κ3) is 2.73. The van der Waals surface area contributed by atoms with Gasteiger partial charge in [-0.25, -0.2) is 4.99 Å². The van der Waals surface area contributed by atoms with E-state index in [2.05, 4.69) is 41.9 Å². The Balaban J connectivity index is 1.66. The molecule has 2 aliphatic heterocycles. The molecule has 0 fully saturated rings. The molecule has 1 aromatic heterocycles. The number of para-hydroxylation sites is 1. The van der Waals surface area contributed by atoms with Gasteiger partial charge in [-0.3, -0.25) is 14.2 Å². The third-order valence-electron chi connectivity index (χ3n) is 5.40. The molecule has 0 spiro atoms. The second kappa shape index (κ2) is 6.42. The monoisotopic (exact) mass is 404 g/mol. The standard InChI is InChI=1S/C22H20N4O2S/c1-13-8-14(2)10-15(9-13)25-11-23-22-26(12-25)21(28)19(29-22)18-16-6-4-5-7-17(16)24(3)20(18)27/h4-10H,11-12H2,1-3H3/b19-18-. The summed E-state index contributed by atoms with van der Waals surface area (Å²) in [5.41, 5.74) is 5.36. The van der Waals surface area contributed by atoms with Crippen molar-refractivity contribution in [3.8, 4) is 0 Å². The molecule has 2 aromatic carbocycles. The number of nitrogens with zero attached hydrogens (tertiary/aromatic N) is 4. The molecule has 29 heavy (non-hydrogen) atoms. The Morgan fingerprint density at radius 1 is 1.03 bits per heavy atom. The summed E-state index contributed by atoms with van der Waals surface area (Å²) in [6.07, 6.45) is 0. The van der Waals surface area contributed by atoms with Gasteiger partial charge >= 0.3 is 0 Å². The van der Waals surface area contributed by atoms with Crippen LogP contribution in [-0.2, 0) is 11.5 Å². The van der Waals surface area contributed by atoms with Gasteiger partial charge in [0, 0.05) is 18.3 Å². The number of carbonyl (C=O) groups is 1. The zero-order valence-corrected chi connectivity index (χ0v) is 17.3. The summed E-state index contributed by atoms with van der Waals surface area (Å²) >= 11 is 1.30. The molecule has 0 bridgehead atoms. The highest BCUT2D eigenvalue weighted by molar-refractivity contribution is 7.07. The number of amides is 1. The van der Waals surface area contributed by atoms with Crippen LogP contribution in [0.1, 0.15) is 16.7 Å². The van der Waals surface area contributed by atoms with Crippen LogP contribution < -0.4 is 24.7 Å². The number of thiazole rings is 1. The van der Waals surface area contributed by atoms with Crippen molar-refractivity contribution < 1.29 is 4.79 Å². The van der Waals surface area contributed by atoms with E-state index in [1.165, 1.54) is 22.5 Å². The molecule has 0 unspecified atom stereocenters. The van der Waals surface area contributed by atoms with Crippen LogP contribution in [0.5, 0.6) is 0 Å².